The van der Waals surface area contributed by atoms with Crippen LogP contribution in [0.25, 0.3) is 0 Å². The van der Waals surface area contributed by atoms with Crippen LogP contribution in [0.5, 0.6) is 0 Å². The number of hydrogen-bond acceptors (Lipinski definition) is 2. The Labute approximate surface area is 88.4 Å². The number of alkyl halides is 3. The summed E-state index contributed by atoms with van der Waals surface area (Å²) in [5, 5.41) is 9.09. The van der Waals surface area contributed by atoms with Gasteiger partial charge in [-0.15, -0.1) is 0 Å². The van der Waals surface area contributed by atoms with Crippen molar-refractivity contribution in [3.05, 3.63) is 0 Å². The van der Waals surface area contributed by atoms with Gasteiger partial charge in [0.25, 0.3) is 0 Å². The topological polar surface area (TPSA) is 29.5 Å². The van der Waals surface area contributed by atoms with Crippen molar-refractivity contribution < 1.29 is 23.0 Å². The maximum absolute atomic E-state index is 11.9. The van der Waals surface area contributed by atoms with Gasteiger partial charge in [0.15, 0.2) is 0 Å². The molecule has 0 aliphatic heterocycles. The summed E-state index contributed by atoms with van der Waals surface area (Å²) in [5.41, 5.74) is 0. The van der Waals surface area contributed by atoms with Gasteiger partial charge in [0.05, 0.1) is 12.2 Å². The van der Waals surface area contributed by atoms with Crippen molar-refractivity contribution in [1.29, 1.82) is 0 Å². The van der Waals surface area contributed by atoms with Crippen molar-refractivity contribution in [3.63, 3.8) is 0 Å². The molecule has 0 heterocycles. The van der Waals surface area contributed by atoms with Gasteiger partial charge in [-0.05, 0) is 19.8 Å². The summed E-state index contributed by atoms with van der Waals surface area (Å²) >= 11 is 0. The molecule has 5 heteroatoms. The fourth-order valence-corrected chi connectivity index (χ4v) is 1.29. The summed E-state index contributed by atoms with van der Waals surface area (Å²) in [7, 11) is 0. The Hall–Kier alpha value is -0.290. The lowest BCUT2D eigenvalue weighted by Gasteiger charge is -2.20. The summed E-state index contributed by atoms with van der Waals surface area (Å²) in [6.07, 6.45) is -2.86. The van der Waals surface area contributed by atoms with Gasteiger partial charge in [0.2, 0.25) is 0 Å². The van der Waals surface area contributed by atoms with Crippen molar-refractivity contribution in [3.8, 4) is 0 Å². The second-order valence-electron chi connectivity index (χ2n) is 3.78. The summed E-state index contributed by atoms with van der Waals surface area (Å²) in [4.78, 5) is 0. The van der Waals surface area contributed by atoms with E-state index < -0.39 is 25.0 Å². The predicted molar refractivity (Wildman–Crippen MR) is 51.6 cm³/mol. The van der Waals surface area contributed by atoms with Gasteiger partial charge < -0.3 is 9.84 Å². The van der Waals surface area contributed by atoms with Crippen molar-refractivity contribution >= 4 is 0 Å². The van der Waals surface area contributed by atoms with Crippen LogP contribution in [-0.2, 0) is 4.74 Å². The molecule has 0 bridgehead atoms. The molecule has 2 atom stereocenters. The van der Waals surface area contributed by atoms with Crippen LogP contribution in [0.15, 0.2) is 0 Å². The monoisotopic (exact) mass is 228 g/mol. The van der Waals surface area contributed by atoms with Crippen LogP contribution in [0.2, 0.25) is 0 Å². The van der Waals surface area contributed by atoms with E-state index in [2.05, 4.69) is 0 Å². The van der Waals surface area contributed by atoms with E-state index in [9.17, 15) is 13.2 Å². The first-order chi connectivity index (χ1) is 6.85. The number of aliphatic hydroxyl groups excluding tert-OH is 1. The van der Waals surface area contributed by atoms with E-state index >= 15 is 0 Å². The minimum Gasteiger partial charge on any atom is -0.393 e. The first-order valence-electron chi connectivity index (χ1n) is 5.21. The standard InChI is InChI=1S/C10H19F3O2/c1-3-4-5-9(6-8(2)14)15-7-10(11,12)13/h8-9,14H,3-7H2,1-2H3. The van der Waals surface area contributed by atoms with Crippen LogP contribution >= 0.6 is 0 Å². The molecule has 1 N–H and O–H groups in total. The molecule has 0 rings (SSSR count). The smallest absolute Gasteiger partial charge is 0.393 e. The molecule has 0 aliphatic rings. The van der Waals surface area contributed by atoms with Crippen molar-refractivity contribution in [1.82, 2.24) is 0 Å². The zero-order valence-corrected chi connectivity index (χ0v) is 9.18. The van der Waals surface area contributed by atoms with Crippen LogP contribution < -0.4 is 0 Å². The third-order valence-electron chi connectivity index (χ3n) is 1.97. The molecule has 0 fully saturated rings. The van der Waals surface area contributed by atoms with Crippen LogP contribution in [0.1, 0.15) is 39.5 Å². The normalized spacial score (nSPS) is 16.4. The largest absolute Gasteiger partial charge is 0.411 e. The Morgan fingerprint density at radius 1 is 1.33 bits per heavy atom. The molecule has 0 aromatic carbocycles. The molecule has 0 radical (unpaired) electrons. The van der Waals surface area contributed by atoms with Crippen LogP contribution in [0.3, 0.4) is 0 Å². The van der Waals surface area contributed by atoms with Gasteiger partial charge >= 0.3 is 6.18 Å². The predicted octanol–water partition coefficient (Wildman–Crippen LogP) is 2.90. The Morgan fingerprint density at radius 2 is 1.93 bits per heavy atom. The van der Waals surface area contributed by atoms with Gasteiger partial charge in [0.1, 0.15) is 6.61 Å². The number of unbranched alkanes of at least 4 members (excludes halogenated alkanes) is 1. The zero-order chi connectivity index (χ0) is 11.9. The molecule has 0 aromatic rings. The number of aliphatic hydroxyl groups is 1. The Bertz CT molecular complexity index is 157. The highest BCUT2D eigenvalue weighted by Crippen LogP contribution is 2.19. The molecule has 0 saturated carbocycles. The molecule has 15 heavy (non-hydrogen) atoms. The Kier molecular flexibility index (Phi) is 6.92. The maximum atomic E-state index is 11.9. The van der Waals surface area contributed by atoms with Crippen LogP contribution in [-0.4, -0.2) is 30.1 Å². The van der Waals surface area contributed by atoms with Gasteiger partial charge in [-0.2, -0.15) is 13.2 Å². The van der Waals surface area contributed by atoms with Gasteiger partial charge in [-0.3, -0.25) is 0 Å². The van der Waals surface area contributed by atoms with Gasteiger partial charge in [-0.25, -0.2) is 0 Å². The van der Waals surface area contributed by atoms with Gasteiger partial charge in [0, 0.05) is 0 Å². The minimum atomic E-state index is -4.29. The fraction of sp³-hybridized carbons (Fsp3) is 1.00. The molecule has 0 spiro atoms. The number of ether oxygens (including phenoxy) is 1. The van der Waals surface area contributed by atoms with E-state index in [1.54, 1.807) is 6.92 Å². The van der Waals surface area contributed by atoms with E-state index in [4.69, 9.17) is 9.84 Å². The highest BCUT2D eigenvalue weighted by Gasteiger charge is 2.29. The average Bonchev–Trinajstić information content (AvgIpc) is 2.07. The molecule has 0 saturated heterocycles. The lowest BCUT2D eigenvalue weighted by Crippen LogP contribution is -2.26. The van der Waals surface area contributed by atoms with E-state index in [1.165, 1.54) is 0 Å². The Balaban J connectivity index is 3.89. The number of halogens is 3. The second kappa shape index (κ2) is 7.06. The maximum Gasteiger partial charge on any atom is 0.411 e. The quantitative estimate of drug-likeness (QED) is 0.726. The summed E-state index contributed by atoms with van der Waals surface area (Å²) in [6.45, 7) is 2.28. The molecule has 92 valence electrons. The second-order valence-corrected chi connectivity index (χ2v) is 3.78. The molecular formula is C10H19F3O2. The highest BCUT2D eigenvalue weighted by atomic mass is 19.4. The molecule has 0 aliphatic carbocycles. The minimum absolute atomic E-state index is 0.260. The van der Waals surface area contributed by atoms with E-state index in [0.717, 1.165) is 12.8 Å². The van der Waals surface area contributed by atoms with Gasteiger partial charge in [-0.1, -0.05) is 19.8 Å². The third-order valence-corrected chi connectivity index (χ3v) is 1.97. The van der Waals surface area contributed by atoms with Crippen molar-refractivity contribution in [2.75, 3.05) is 6.61 Å². The zero-order valence-electron chi connectivity index (χ0n) is 9.18. The highest BCUT2D eigenvalue weighted by molar-refractivity contribution is 4.63. The summed E-state index contributed by atoms with van der Waals surface area (Å²) in [6, 6.07) is 0. The SMILES string of the molecule is CCCCC(CC(C)O)OCC(F)(F)F. The molecule has 0 amide bonds. The lowest BCUT2D eigenvalue weighted by atomic mass is 10.1. The molecule has 0 aromatic heterocycles. The first kappa shape index (κ1) is 14.7. The van der Waals surface area contributed by atoms with Crippen molar-refractivity contribution in [2.45, 2.75) is 57.9 Å². The molecule has 2 nitrogen and oxygen atoms in total. The number of rotatable bonds is 7. The van der Waals surface area contributed by atoms with E-state index in [1.807, 2.05) is 6.92 Å². The van der Waals surface area contributed by atoms with Crippen LogP contribution in [0, 0.1) is 0 Å². The average molecular weight is 228 g/mol. The third kappa shape index (κ3) is 10.0. The lowest BCUT2D eigenvalue weighted by molar-refractivity contribution is -0.188. The fourth-order valence-electron chi connectivity index (χ4n) is 1.29. The van der Waals surface area contributed by atoms with E-state index in [0.29, 0.717) is 6.42 Å². The summed E-state index contributed by atoms with van der Waals surface area (Å²) < 4.78 is 40.4. The Morgan fingerprint density at radius 3 is 2.33 bits per heavy atom. The molecule has 2 unspecified atom stereocenters. The van der Waals surface area contributed by atoms with Crippen LogP contribution in [0.4, 0.5) is 13.2 Å². The first-order valence-corrected chi connectivity index (χ1v) is 5.21. The summed E-state index contributed by atoms with van der Waals surface area (Å²) in [5.74, 6) is 0. The molecular weight excluding hydrogens is 209 g/mol. The van der Waals surface area contributed by atoms with E-state index in [-0.39, 0.29) is 6.42 Å². The van der Waals surface area contributed by atoms with Crippen molar-refractivity contribution in [2.24, 2.45) is 0 Å². The number of hydrogen-bond donors (Lipinski definition) is 1.